The van der Waals surface area contributed by atoms with Crippen molar-refractivity contribution in [2.75, 3.05) is 11.4 Å². The number of halogens is 4. The standard InChI is InChI=1S/C31H25F4N5O4/c32-22-10-20(6-7-23(22)44-21-8-9-36-24(11-21)31(33,34)35)14-43-25-12-26-39(28(42)38-25)18-30-15-29(16-30,17-40(26)30)27(41)37-13-19-4-2-1-3-5-19/h1-12H,13-18H2,(H,37,41). The van der Waals surface area contributed by atoms with Gasteiger partial charge in [-0.05, 0) is 42.2 Å². The van der Waals surface area contributed by atoms with Gasteiger partial charge in [-0.3, -0.25) is 14.3 Å². The van der Waals surface area contributed by atoms with Gasteiger partial charge in [0.05, 0.1) is 17.5 Å². The number of hydrogen-bond acceptors (Lipinski definition) is 7. The van der Waals surface area contributed by atoms with Gasteiger partial charge in [-0.2, -0.15) is 18.2 Å². The number of ether oxygens (including phenoxy) is 2. The first-order valence-electron chi connectivity index (χ1n) is 13.9. The maximum absolute atomic E-state index is 14.8. The van der Waals surface area contributed by atoms with E-state index in [1.807, 2.05) is 30.3 Å². The first-order chi connectivity index (χ1) is 21.0. The van der Waals surface area contributed by atoms with Crippen LogP contribution < -0.4 is 25.4 Å². The summed E-state index contributed by atoms with van der Waals surface area (Å²) in [6, 6.07) is 17.1. The SMILES string of the molecule is O=C(NCc1ccccc1)C12CN3c4cc(OCc5ccc(Oc6ccnc(C(F)(F)F)c6)c(F)c5)nc(=O)n4CC3(C1)C2. The molecule has 8 rings (SSSR count). The molecule has 0 unspecified atom stereocenters. The summed E-state index contributed by atoms with van der Waals surface area (Å²) in [6.07, 6.45) is -2.45. The highest BCUT2D eigenvalue weighted by atomic mass is 19.4. The lowest BCUT2D eigenvalue weighted by Gasteiger charge is -2.43. The maximum atomic E-state index is 14.8. The van der Waals surface area contributed by atoms with Crippen LogP contribution in [0.3, 0.4) is 0 Å². The Morgan fingerprint density at radius 2 is 1.80 bits per heavy atom. The molecule has 4 aromatic rings. The second kappa shape index (κ2) is 10.1. The number of carbonyl (C=O) groups excluding carboxylic acids is 1. The van der Waals surface area contributed by atoms with Gasteiger partial charge >= 0.3 is 11.9 Å². The number of nitrogens with one attached hydrogen (secondary N) is 1. The fourth-order valence-electron chi connectivity index (χ4n) is 6.54. The summed E-state index contributed by atoms with van der Waals surface area (Å²) in [5.74, 6) is -0.621. The molecule has 0 atom stereocenters. The number of carbonyl (C=O) groups is 1. The van der Waals surface area contributed by atoms with E-state index < -0.39 is 28.8 Å². The molecule has 3 fully saturated rings. The van der Waals surface area contributed by atoms with Crippen molar-refractivity contribution in [1.29, 1.82) is 0 Å². The average Bonchev–Trinajstić information content (AvgIpc) is 3.60. The minimum Gasteiger partial charge on any atom is -0.473 e. The van der Waals surface area contributed by atoms with E-state index in [0.717, 1.165) is 17.8 Å². The molecule has 1 spiro atoms. The minimum atomic E-state index is -4.67. The van der Waals surface area contributed by atoms with Gasteiger partial charge in [0.1, 0.15) is 23.9 Å². The molecule has 13 heteroatoms. The van der Waals surface area contributed by atoms with Gasteiger partial charge in [0.25, 0.3) is 0 Å². The number of aromatic nitrogens is 3. The molecule has 1 N–H and O–H groups in total. The predicted octanol–water partition coefficient (Wildman–Crippen LogP) is 4.84. The van der Waals surface area contributed by atoms with Crippen molar-refractivity contribution < 1.29 is 31.8 Å². The normalized spacial score (nSPS) is 21.3. The molecule has 44 heavy (non-hydrogen) atoms. The van der Waals surface area contributed by atoms with Gasteiger partial charge in [0, 0.05) is 31.4 Å². The molecule has 0 radical (unpaired) electrons. The quantitative estimate of drug-likeness (QED) is 0.287. The van der Waals surface area contributed by atoms with Crippen molar-refractivity contribution in [3.05, 3.63) is 106 Å². The van der Waals surface area contributed by atoms with Gasteiger partial charge in [-0.25, -0.2) is 9.18 Å². The average molecular weight is 608 g/mol. The van der Waals surface area contributed by atoms with E-state index in [1.54, 1.807) is 10.6 Å². The number of fused-ring (bicyclic) bond motifs is 1. The molecule has 2 aromatic carbocycles. The van der Waals surface area contributed by atoms with Gasteiger partial charge in [0.2, 0.25) is 11.8 Å². The van der Waals surface area contributed by atoms with E-state index in [2.05, 4.69) is 20.2 Å². The van der Waals surface area contributed by atoms with Crippen LogP contribution in [0.5, 0.6) is 17.4 Å². The lowest BCUT2D eigenvalue weighted by molar-refractivity contribution is -0.141. The zero-order valence-corrected chi connectivity index (χ0v) is 23.1. The van der Waals surface area contributed by atoms with E-state index in [9.17, 15) is 27.2 Å². The number of rotatable bonds is 8. The van der Waals surface area contributed by atoms with E-state index in [1.165, 1.54) is 18.2 Å². The van der Waals surface area contributed by atoms with E-state index >= 15 is 0 Å². The molecule has 5 heterocycles. The summed E-state index contributed by atoms with van der Waals surface area (Å²) in [5.41, 5.74) is -1.06. The maximum Gasteiger partial charge on any atom is 0.433 e. The highest BCUT2D eigenvalue weighted by Crippen LogP contribution is 2.63. The van der Waals surface area contributed by atoms with Crippen LogP contribution in [0, 0.1) is 11.2 Å². The summed E-state index contributed by atoms with van der Waals surface area (Å²) in [7, 11) is 0. The third kappa shape index (κ3) is 4.81. The summed E-state index contributed by atoms with van der Waals surface area (Å²) in [6.45, 7) is 1.24. The number of amides is 1. The van der Waals surface area contributed by atoms with Gasteiger partial charge in [-0.1, -0.05) is 36.4 Å². The molecule has 1 saturated carbocycles. The molecule has 3 aliphatic heterocycles. The molecule has 226 valence electrons. The number of alkyl halides is 3. The van der Waals surface area contributed by atoms with Crippen LogP contribution in [-0.2, 0) is 30.7 Å². The Labute approximate surface area is 248 Å². The summed E-state index contributed by atoms with van der Waals surface area (Å²) in [5, 5.41) is 3.06. The van der Waals surface area contributed by atoms with Crippen LogP contribution in [0.2, 0.25) is 0 Å². The van der Waals surface area contributed by atoms with E-state index in [0.29, 0.717) is 49.9 Å². The molecule has 2 saturated heterocycles. The third-order valence-corrected chi connectivity index (χ3v) is 8.47. The summed E-state index contributed by atoms with van der Waals surface area (Å²) in [4.78, 5) is 35.5. The Hall–Kier alpha value is -4.94. The first-order valence-corrected chi connectivity index (χ1v) is 13.9. The zero-order chi connectivity index (χ0) is 30.7. The Morgan fingerprint density at radius 1 is 1.00 bits per heavy atom. The van der Waals surface area contributed by atoms with Crippen molar-refractivity contribution >= 4 is 11.7 Å². The van der Waals surface area contributed by atoms with Crippen molar-refractivity contribution in [3.8, 4) is 17.4 Å². The number of anilines is 1. The third-order valence-electron chi connectivity index (χ3n) is 8.47. The number of nitrogens with zero attached hydrogens (tertiary/aromatic N) is 4. The topological polar surface area (TPSA) is 98.6 Å². The fourth-order valence-corrected chi connectivity index (χ4v) is 6.54. The molecule has 1 aliphatic carbocycles. The van der Waals surface area contributed by atoms with Crippen molar-refractivity contribution in [2.24, 2.45) is 5.41 Å². The zero-order valence-electron chi connectivity index (χ0n) is 23.1. The van der Waals surface area contributed by atoms with Crippen LogP contribution in [0.15, 0.2) is 77.7 Å². The molecule has 1 amide bonds. The fraction of sp³-hybridized carbons (Fsp3) is 0.290. The van der Waals surface area contributed by atoms with Crippen LogP contribution in [0.4, 0.5) is 23.4 Å². The highest BCUT2D eigenvalue weighted by Gasteiger charge is 2.71. The Morgan fingerprint density at radius 3 is 2.55 bits per heavy atom. The molecule has 4 aliphatic rings. The molecular formula is C31H25F4N5O4. The van der Waals surface area contributed by atoms with Crippen LogP contribution in [0.25, 0.3) is 0 Å². The van der Waals surface area contributed by atoms with Crippen molar-refractivity contribution in [1.82, 2.24) is 19.9 Å². The largest absolute Gasteiger partial charge is 0.473 e. The van der Waals surface area contributed by atoms with Crippen LogP contribution in [-0.4, -0.2) is 32.5 Å². The number of benzene rings is 2. The lowest BCUT2D eigenvalue weighted by atomic mass is 9.61. The summed E-state index contributed by atoms with van der Waals surface area (Å²) >= 11 is 0. The number of pyridine rings is 1. The molecule has 2 bridgehead atoms. The Bertz CT molecular complexity index is 1820. The van der Waals surface area contributed by atoms with Crippen molar-refractivity contribution in [3.63, 3.8) is 0 Å². The Kier molecular flexibility index (Phi) is 6.38. The van der Waals surface area contributed by atoms with Gasteiger partial charge in [-0.15, -0.1) is 0 Å². The predicted molar refractivity (Wildman–Crippen MR) is 149 cm³/mol. The smallest absolute Gasteiger partial charge is 0.433 e. The molecule has 2 aromatic heterocycles. The van der Waals surface area contributed by atoms with E-state index in [-0.39, 0.29) is 35.4 Å². The first kappa shape index (κ1) is 27.9. The van der Waals surface area contributed by atoms with Crippen LogP contribution >= 0.6 is 0 Å². The van der Waals surface area contributed by atoms with Gasteiger partial charge < -0.3 is 19.7 Å². The molecule has 9 nitrogen and oxygen atoms in total. The van der Waals surface area contributed by atoms with Crippen LogP contribution in [0.1, 0.15) is 29.7 Å². The van der Waals surface area contributed by atoms with Gasteiger partial charge in [0.15, 0.2) is 11.6 Å². The van der Waals surface area contributed by atoms with Crippen molar-refractivity contribution in [2.45, 2.75) is 44.3 Å². The summed E-state index contributed by atoms with van der Waals surface area (Å²) < 4.78 is 66.2. The second-order valence-corrected chi connectivity index (χ2v) is 11.5. The second-order valence-electron chi connectivity index (χ2n) is 11.5. The van der Waals surface area contributed by atoms with E-state index in [4.69, 9.17) is 9.47 Å². The lowest BCUT2D eigenvalue weighted by Crippen LogP contribution is -2.55. The molecular weight excluding hydrogens is 582 g/mol. The highest BCUT2D eigenvalue weighted by molar-refractivity contribution is 5.87. The Balaban J connectivity index is 1.01. The monoisotopic (exact) mass is 607 g/mol. The number of hydrogen-bond donors (Lipinski definition) is 1. The minimum absolute atomic E-state index is 0.0000175.